The highest BCUT2D eigenvalue weighted by molar-refractivity contribution is 5.72. The Morgan fingerprint density at radius 1 is 1.35 bits per heavy atom. The number of phenolic OH excluding ortho intramolecular Hbond substituents is 1. The number of para-hydroxylation sites is 2. The molecule has 1 N–H and O–H groups in total. The number of nitrogens with zero attached hydrogens (tertiary/aromatic N) is 2. The lowest BCUT2D eigenvalue weighted by Gasteiger charge is -2.10. The van der Waals surface area contributed by atoms with Crippen LogP contribution in [0, 0.1) is 0 Å². The van der Waals surface area contributed by atoms with E-state index in [4.69, 9.17) is 0 Å². The third kappa shape index (κ3) is 2.06. The first-order valence-corrected chi connectivity index (χ1v) is 5.47. The number of benzene rings is 1. The fraction of sp³-hybridized carbons (Fsp3) is 0.231. The Hall–Kier alpha value is -2.10. The molecule has 1 heterocycles. The van der Waals surface area contributed by atoms with Gasteiger partial charge in [-0.1, -0.05) is 26.0 Å². The van der Waals surface area contributed by atoms with Crippen LogP contribution in [-0.2, 0) is 0 Å². The molecule has 1 aromatic carbocycles. The van der Waals surface area contributed by atoms with Crippen molar-refractivity contribution in [1.29, 1.82) is 0 Å². The Bertz CT molecular complexity index is 544. The van der Waals surface area contributed by atoms with Crippen LogP contribution in [0.25, 0.3) is 5.69 Å². The van der Waals surface area contributed by atoms with Gasteiger partial charge in [0.25, 0.3) is 0 Å². The molecule has 0 unspecified atom stereocenters. The summed E-state index contributed by atoms with van der Waals surface area (Å²) in [5.74, 6) is 0.366. The topological polar surface area (TPSA) is 55.1 Å². The monoisotopic (exact) mass is 230 g/mol. The van der Waals surface area contributed by atoms with Gasteiger partial charge in [0.1, 0.15) is 17.1 Å². The molecule has 0 aliphatic heterocycles. The van der Waals surface area contributed by atoms with Crippen LogP contribution >= 0.6 is 0 Å². The normalized spacial score (nSPS) is 10.8. The third-order valence-corrected chi connectivity index (χ3v) is 2.58. The number of hydrogen-bond acceptors (Lipinski definition) is 3. The van der Waals surface area contributed by atoms with Gasteiger partial charge in [-0.3, -0.25) is 4.79 Å². The number of aromatic hydroxyl groups is 1. The van der Waals surface area contributed by atoms with Gasteiger partial charge in [-0.05, 0) is 24.1 Å². The van der Waals surface area contributed by atoms with Crippen LogP contribution < -0.4 is 0 Å². The lowest BCUT2D eigenvalue weighted by Crippen LogP contribution is -2.03. The summed E-state index contributed by atoms with van der Waals surface area (Å²) in [7, 11) is 0. The lowest BCUT2D eigenvalue weighted by molar-refractivity contribution is 0.111. The minimum absolute atomic E-state index is 0.148. The summed E-state index contributed by atoms with van der Waals surface area (Å²) in [5, 5.41) is 14.0. The van der Waals surface area contributed by atoms with E-state index in [1.54, 1.807) is 28.9 Å². The molecule has 0 amide bonds. The Morgan fingerprint density at radius 2 is 2.06 bits per heavy atom. The predicted molar refractivity (Wildman–Crippen MR) is 64.7 cm³/mol. The molecule has 0 radical (unpaired) electrons. The fourth-order valence-electron chi connectivity index (χ4n) is 1.72. The van der Waals surface area contributed by atoms with Gasteiger partial charge < -0.3 is 5.11 Å². The first kappa shape index (κ1) is 11.4. The van der Waals surface area contributed by atoms with E-state index in [0.29, 0.717) is 17.7 Å². The van der Waals surface area contributed by atoms with Crippen LogP contribution in [0.5, 0.6) is 5.75 Å². The first-order chi connectivity index (χ1) is 8.13. The second-order valence-electron chi connectivity index (χ2n) is 4.17. The van der Waals surface area contributed by atoms with Gasteiger partial charge >= 0.3 is 0 Å². The highest BCUT2D eigenvalue weighted by atomic mass is 16.3. The van der Waals surface area contributed by atoms with Crippen molar-refractivity contribution >= 4 is 6.29 Å². The molecular formula is C13H14N2O2. The van der Waals surface area contributed by atoms with Crippen molar-refractivity contribution in [3.05, 3.63) is 41.7 Å². The quantitative estimate of drug-likeness (QED) is 0.824. The molecule has 1 aromatic heterocycles. The number of rotatable bonds is 3. The molecule has 0 aliphatic carbocycles. The number of hydrogen-bond donors (Lipinski definition) is 1. The summed E-state index contributed by atoms with van der Waals surface area (Å²) >= 11 is 0. The SMILES string of the molecule is CC(C)c1cc(C=O)nn1-c1ccccc1O. The summed E-state index contributed by atoms with van der Waals surface area (Å²) in [6.07, 6.45) is 0.711. The molecule has 4 heteroatoms. The van der Waals surface area contributed by atoms with Crippen LogP contribution in [0.15, 0.2) is 30.3 Å². The van der Waals surface area contributed by atoms with Crippen LogP contribution in [0.4, 0.5) is 0 Å². The van der Waals surface area contributed by atoms with Crippen LogP contribution in [0.3, 0.4) is 0 Å². The van der Waals surface area contributed by atoms with Gasteiger partial charge in [0.05, 0.1) is 0 Å². The van der Waals surface area contributed by atoms with E-state index in [0.717, 1.165) is 5.69 Å². The molecular weight excluding hydrogens is 216 g/mol. The molecule has 0 bridgehead atoms. The molecule has 0 atom stereocenters. The fourth-order valence-corrected chi connectivity index (χ4v) is 1.72. The maximum absolute atomic E-state index is 10.8. The molecule has 17 heavy (non-hydrogen) atoms. The van der Waals surface area contributed by atoms with E-state index in [1.807, 2.05) is 19.9 Å². The van der Waals surface area contributed by atoms with Gasteiger partial charge in [0.2, 0.25) is 0 Å². The second kappa shape index (κ2) is 4.41. The molecule has 0 aliphatic rings. The van der Waals surface area contributed by atoms with E-state index in [2.05, 4.69) is 5.10 Å². The third-order valence-electron chi connectivity index (χ3n) is 2.58. The minimum atomic E-state index is 0.148. The minimum Gasteiger partial charge on any atom is -0.506 e. The maximum atomic E-state index is 10.8. The molecule has 88 valence electrons. The van der Waals surface area contributed by atoms with E-state index in [-0.39, 0.29) is 11.7 Å². The van der Waals surface area contributed by atoms with Crippen LogP contribution in [0.1, 0.15) is 35.9 Å². The number of aromatic nitrogens is 2. The van der Waals surface area contributed by atoms with Crippen LogP contribution in [-0.4, -0.2) is 21.2 Å². The molecule has 0 fully saturated rings. The van der Waals surface area contributed by atoms with Crippen molar-refractivity contribution in [3.8, 4) is 11.4 Å². The zero-order valence-corrected chi connectivity index (χ0v) is 9.79. The molecule has 0 saturated heterocycles. The summed E-state index contributed by atoms with van der Waals surface area (Å²) in [4.78, 5) is 10.8. The summed E-state index contributed by atoms with van der Waals surface area (Å²) in [6, 6.07) is 8.67. The molecule has 2 aromatic rings. The predicted octanol–water partition coefficient (Wildman–Crippen LogP) is 2.51. The van der Waals surface area contributed by atoms with E-state index < -0.39 is 0 Å². The lowest BCUT2D eigenvalue weighted by atomic mass is 10.1. The zero-order valence-electron chi connectivity index (χ0n) is 9.79. The van der Waals surface area contributed by atoms with Gasteiger partial charge in [0.15, 0.2) is 6.29 Å². The van der Waals surface area contributed by atoms with Crippen molar-refractivity contribution in [3.63, 3.8) is 0 Å². The van der Waals surface area contributed by atoms with Crippen LogP contribution in [0.2, 0.25) is 0 Å². The van der Waals surface area contributed by atoms with Crippen molar-refractivity contribution in [2.75, 3.05) is 0 Å². The highest BCUT2D eigenvalue weighted by Gasteiger charge is 2.14. The number of phenols is 1. The molecule has 4 nitrogen and oxygen atoms in total. The summed E-state index contributed by atoms with van der Waals surface area (Å²) in [5.41, 5.74) is 1.86. The Labute approximate surface area is 99.5 Å². The molecule has 2 rings (SSSR count). The second-order valence-corrected chi connectivity index (χ2v) is 4.17. The van der Waals surface area contributed by atoms with Crippen molar-refractivity contribution < 1.29 is 9.90 Å². The molecule has 0 saturated carbocycles. The average molecular weight is 230 g/mol. The Balaban J connectivity index is 2.62. The van der Waals surface area contributed by atoms with E-state index >= 15 is 0 Å². The van der Waals surface area contributed by atoms with Crippen molar-refractivity contribution in [1.82, 2.24) is 9.78 Å². The summed E-state index contributed by atoms with van der Waals surface area (Å²) < 4.78 is 1.61. The Kier molecular flexibility index (Phi) is 2.95. The van der Waals surface area contributed by atoms with Crippen molar-refractivity contribution in [2.24, 2.45) is 0 Å². The van der Waals surface area contributed by atoms with E-state index in [1.165, 1.54) is 0 Å². The zero-order chi connectivity index (χ0) is 12.4. The first-order valence-electron chi connectivity index (χ1n) is 5.47. The number of aldehydes is 1. The average Bonchev–Trinajstić information content (AvgIpc) is 2.73. The van der Waals surface area contributed by atoms with Gasteiger partial charge in [-0.25, -0.2) is 4.68 Å². The van der Waals surface area contributed by atoms with Gasteiger partial charge in [-0.15, -0.1) is 0 Å². The van der Waals surface area contributed by atoms with Gasteiger partial charge in [0, 0.05) is 5.69 Å². The number of carbonyl (C=O) groups excluding carboxylic acids is 1. The van der Waals surface area contributed by atoms with Crippen molar-refractivity contribution in [2.45, 2.75) is 19.8 Å². The summed E-state index contributed by atoms with van der Waals surface area (Å²) in [6.45, 7) is 4.03. The standard InChI is InChI=1S/C13H14N2O2/c1-9(2)12-7-10(8-16)14-15(12)11-5-3-4-6-13(11)17/h3-9,17H,1-2H3. The largest absolute Gasteiger partial charge is 0.506 e. The highest BCUT2D eigenvalue weighted by Crippen LogP contribution is 2.25. The smallest absolute Gasteiger partial charge is 0.170 e. The Morgan fingerprint density at radius 3 is 2.65 bits per heavy atom. The molecule has 0 spiro atoms. The van der Waals surface area contributed by atoms with Gasteiger partial charge in [-0.2, -0.15) is 5.10 Å². The maximum Gasteiger partial charge on any atom is 0.170 e. The van der Waals surface area contributed by atoms with E-state index in [9.17, 15) is 9.90 Å². The number of carbonyl (C=O) groups is 1.